The highest BCUT2D eigenvalue weighted by Crippen LogP contribution is 2.37. The van der Waals surface area contributed by atoms with Crippen LogP contribution in [0.3, 0.4) is 0 Å². The molecule has 0 radical (unpaired) electrons. The van der Waals surface area contributed by atoms with Crippen molar-refractivity contribution in [3.05, 3.63) is 60.2 Å². The van der Waals surface area contributed by atoms with E-state index in [1.54, 1.807) is 23.1 Å². The van der Waals surface area contributed by atoms with Gasteiger partial charge in [-0.2, -0.15) is 5.26 Å². The maximum Gasteiger partial charge on any atom is 0.181 e. The molecule has 4 heterocycles. The second-order valence-electron chi connectivity index (χ2n) is 8.89. The van der Waals surface area contributed by atoms with E-state index in [2.05, 4.69) is 15.3 Å². The number of benzene rings is 2. The first-order valence-electron chi connectivity index (χ1n) is 11.5. The summed E-state index contributed by atoms with van der Waals surface area (Å²) in [6.45, 7) is 0.762. The molecule has 6 rings (SSSR count). The second-order valence-corrected chi connectivity index (χ2v) is 8.89. The molecule has 0 unspecified atom stereocenters. The van der Waals surface area contributed by atoms with Crippen LogP contribution in [0.4, 0.5) is 14.6 Å². The summed E-state index contributed by atoms with van der Waals surface area (Å²) in [5.74, 6) is -0.0567. The average molecular weight is 486 g/mol. The van der Waals surface area contributed by atoms with Crippen LogP contribution in [0.5, 0.6) is 0 Å². The molecule has 0 aliphatic carbocycles. The van der Waals surface area contributed by atoms with E-state index in [9.17, 15) is 14.0 Å². The first-order valence-corrected chi connectivity index (χ1v) is 11.5. The minimum atomic E-state index is -1.06. The van der Waals surface area contributed by atoms with Crippen molar-refractivity contribution in [1.82, 2.24) is 29.4 Å². The molecule has 0 saturated carbocycles. The van der Waals surface area contributed by atoms with Gasteiger partial charge in [0, 0.05) is 43.7 Å². The van der Waals surface area contributed by atoms with E-state index in [1.165, 1.54) is 12.1 Å². The normalized spacial score (nSPS) is 18.1. The van der Waals surface area contributed by atoms with Gasteiger partial charge < -0.3 is 10.6 Å². The summed E-state index contributed by atoms with van der Waals surface area (Å²) in [4.78, 5) is 11.4. The Morgan fingerprint density at radius 1 is 1.17 bits per heavy atom. The molecule has 2 aromatic carbocycles. The molecule has 3 aromatic heterocycles. The van der Waals surface area contributed by atoms with Gasteiger partial charge in [-0.3, -0.25) is 4.40 Å². The van der Waals surface area contributed by atoms with Crippen LogP contribution in [0.25, 0.3) is 39.2 Å². The van der Waals surface area contributed by atoms with Gasteiger partial charge in [-0.05, 0) is 30.7 Å². The summed E-state index contributed by atoms with van der Waals surface area (Å²) in [7, 11) is 1.82. The number of imidazole rings is 1. The number of fused-ring (bicyclic) bond motifs is 2. The van der Waals surface area contributed by atoms with E-state index in [1.807, 2.05) is 40.6 Å². The highest BCUT2D eigenvalue weighted by Gasteiger charge is 2.29. The van der Waals surface area contributed by atoms with Gasteiger partial charge in [0.25, 0.3) is 0 Å². The highest BCUT2D eigenvalue weighted by atomic mass is 19.1. The third-order valence-electron chi connectivity index (χ3n) is 6.64. The van der Waals surface area contributed by atoms with Gasteiger partial charge in [0.15, 0.2) is 11.5 Å². The van der Waals surface area contributed by atoms with Crippen LogP contribution in [0.2, 0.25) is 0 Å². The molecule has 9 nitrogen and oxygen atoms in total. The fraction of sp³-hybridized carbons (Fsp3) is 0.240. The van der Waals surface area contributed by atoms with Gasteiger partial charge in [0.1, 0.15) is 23.6 Å². The van der Waals surface area contributed by atoms with E-state index in [-0.39, 0.29) is 5.56 Å². The van der Waals surface area contributed by atoms with E-state index < -0.39 is 18.0 Å². The third kappa shape index (κ3) is 3.46. The molecule has 5 aromatic rings. The summed E-state index contributed by atoms with van der Waals surface area (Å²) >= 11 is 0. The van der Waals surface area contributed by atoms with Crippen LogP contribution in [0.1, 0.15) is 12.0 Å². The number of anilines is 1. The van der Waals surface area contributed by atoms with Crippen molar-refractivity contribution in [2.45, 2.75) is 18.6 Å². The molecular weight excluding hydrogens is 464 g/mol. The Balaban J connectivity index is 1.59. The van der Waals surface area contributed by atoms with Gasteiger partial charge in [-0.25, -0.2) is 23.4 Å². The zero-order chi connectivity index (χ0) is 25.0. The number of piperidine rings is 1. The van der Waals surface area contributed by atoms with Gasteiger partial charge in [0.2, 0.25) is 0 Å². The maximum absolute atomic E-state index is 14.6. The number of alkyl halides is 1. The summed E-state index contributed by atoms with van der Waals surface area (Å²) in [5.41, 5.74) is 10.6. The Bertz CT molecular complexity index is 1670. The lowest BCUT2D eigenvalue weighted by molar-refractivity contribution is 0.244. The fourth-order valence-electron chi connectivity index (χ4n) is 4.75. The van der Waals surface area contributed by atoms with E-state index in [0.717, 1.165) is 11.1 Å². The van der Waals surface area contributed by atoms with Crippen molar-refractivity contribution in [2.75, 3.05) is 18.0 Å². The highest BCUT2D eigenvalue weighted by molar-refractivity contribution is 5.89. The molecular formula is C25H21F2N9. The number of hydrogen-bond donors (Lipinski definition) is 1. The van der Waals surface area contributed by atoms with Crippen molar-refractivity contribution in [1.29, 1.82) is 5.26 Å². The lowest BCUT2D eigenvalue weighted by atomic mass is 10.0. The molecule has 0 bridgehead atoms. The zero-order valence-electron chi connectivity index (χ0n) is 19.3. The molecule has 1 aliphatic rings. The SMILES string of the molecule is Cn1nnc2cc(-c3c(-c4ccc(C#N)c(F)c4)nc4c(N5CC[C@@H](F)[C@@H](N)C5)nccn34)ccc21. The van der Waals surface area contributed by atoms with Crippen molar-refractivity contribution in [3.8, 4) is 28.6 Å². The molecule has 2 N–H and O–H groups in total. The van der Waals surface area contributed by atoms with E-state index in [0.29, 0.717) is 53.4 Å². The van der Waals surface area contributed by atoms with E-state index >= 15 is 0 Å². The third-order valence-corrected chi connectivity index (χ3v) is 6.64. The van der Waals surface area contributed by atoms with Crippen LogP contribution in [-0.4, -0.2) is 54.7 Å². The topological polar surface area (TPSA) is 114 Å². The first kappa shape index (κ1) is 22.1. The van der Waals surface area contributed by atoms with Crippen molar-refractivity contribution < 1.29 is 8.78 Å². The first-order chi connectivity index (χ1) is 17.4. The fourth-order valence-corrected chi connectivity index (χ4v) is 4.75. The summed E-state index contributed by atoms with van der Waals surface area (Å²) in [6, 6.07) is 11.4. The summed E-state index contributed by atoms with van der Waals surface area (Å²) in [5, 5.41) is 17.5. The quantitative estimate of drug-likeness (QED) is 0.417. The minimum absolute atomic E-state index is 0.0459. The average Bonchev–Trinajstić information content (AvgIpc) is 3.46. The Morgan fingerprint density at radius 3 is 2.78 bits per heavy atom. The molecule has 0 spiro atoms. The van der Waals surface area contributed by atoms with Gasteiger partial charge in [-0.1, -0.05) is 17.3 Å². The van der Waals surface area contributed by atoms with Crippen molar-refractivity contribution in [3.63, 3.8) is 0 Å². The molecule has 1 saturated heterocycles. The lowest BCUT2D eigenvalue weighted by Crippen LogP contribution is -2.50. The van der Waals surface area contributed by atoms with Crippen LogP contribution < -0.4 is 10.6 Å². The lowest BCUT2D eigenvalue weighted by Gasteiger charge is -2.33. The predicted molar refractivity (Wildman–Crippen MR) is 130 cm³/mol. The molecule has 1 fully saturated rings. The molecule has 11 heteroatoms. The standard InChI is InChI=1S/C25H21F2N9/c1-34-21-5-4-15(11-20(21)32-33-34)23-22(14-2-3-16(12-28)18(27)10-14)31-25-24(30-7-9-36(23)25)35-8-6-17(26)19(29)13-35/h2-5,7,9-11,17,19H,6,8,13,29H2,1H3/t17-,19+/m1/s1. The van der Waals surface area contributed by atoms with Gasteiger partial charge >= 0.3 is 0 Å². The number of hydrogen-bond acceptors (Lipinski definition) is 7. The Morgan fingerprint density at radius 2 is 2.00 bits per heavy atom. The monoisotopic (exact) mass is 485 g/mol. The molecule has 36 heavy (non-hydrogen) atoms. The van der Waals surface area contributed by atoms with E-state index in [4.69, 9.17) is 10.7 Å². The Labute approximate surface area is 204 Å². The predicted octanol–water partition coefficient (Wildman–Crippen LogP) is 3.23. The molecule has 0 amide bonds. The van der Waals surface area contributed by atoms with Crippen LogP contribution in [0.15, 0.2) is 48.8 Å². The Hall–Kier alpha value is -4.43. The van der Waals surface area contributed by atoms with Gasteiger partial charge in [0.05, 0.1) is 28.5 Å². The molecule has 2 atom stereocenters. The zero-order valence-corrected chi connectivity index (χ0v) is 19.3. The second kappa shape index (κ2) is 8.35. The number of aromatic nitrogens is 6. The maximum atomic E-state index is 14.6. The number of rotatable bonds is 3. The van der Waals surface area contributed by atoms with Crippen molar-refractivity contribution in [2.24, 2.45) is 12.8 Å². The number of nitrogens with zero attached hydrogens (tertiary/aromatic N) is 8. The molecule has 180 valence electrons. The van der Waals surface area contributed by atoms with Crippen LogP contribution in [0, 0.1) is 17.1 Å². The largest absolute Gasteiger partial charge is 0.352 e. The van der Waals surface area contributed by atoms with Crippen LogP contribution >= 0.6 is 0 Å². The number of nitriles is 1. The number of halogens is 2. The van der Waals surface area contributed by atoms with Gasteiger partial charge in [-0.15, -0.1) is 5.10 Å². The van der Waals surface area contributed by atoms with Crippen molar-refractivity contribution >= 4 is 22.5 Å². The minimum Gasteiger partial charge on any atom is -0.352 e. The smallest absolute Gasteiger partial charge is 0.181 e. The number of nitrogens with two attached hydrogens (primary N) is 1. The molecule has 1 aliphatic heterocycles. The number of aryl methyl sites for hydroxylation is 1. The summed E-state index contributed by atoms with van der Waals surface area (Å²) in [6.07, 6.45) is 2.68. The van der Waals surface area contributed by atoms with Crippen LogP contribution in [-0.2, 0) is 7.05 Å². The summed E-state index contributed by atoms with van der Waals surface area (Å²) < 4.78 is 32.3. The Kier molecular flexibility index (Phi) is 5.12.